The fourth-order valence-electron chi connectivity index (χ4n) is 2.60. The summed E-state index contributed by atoms with van der Waals surface area (Å²) < 4.78 is 0. The van der Waals surface area contributed by atoms with Crippen molar-refractivity contribution in [3.8, 4) is 0 Å². The van der Waals surface area contributed by atoms with E-state index in [2.05, 4.69) is 20.9 Å². The zero-order valence-electron chi connectivity index (χ0n) is 15.6. The standard InChI is InChI=1S/C22H20N4O3/c27-20(13-16-5-2-1-3-6-16)24-15-21(28)25-19-8-4-7-17(14-19)22(29)26-18-9-11-23-12-10-18/h1-12,14H,13,15H2,(H,24,27)(H,25,28)(H,23,26,29). The number of carbonyl (C=O) groups excluding carboxylic acids is 3. The van der Waals surface area contributed by atoms with Gasteiger partial charge in [0.15, 0.2) is 0 Å². The zero-order valence-corrected chi connectivity index (χ0v) is 15.6. The largest absolute Gasteiger partial charge is 0.347 e. The van der Waals surface area contributed by atoms with Crippen molar-refractivity contribution in [3.05, 3.63) is 90.3 Å². The Hall–Kier alpha value is -4.00. The van der Waals surface area contributed by atoms with Crippen molar-refractivity contribution in [2.75, 3.05) is 17.2 Å². The molecule has 0 bridgehead atoms. The molecule has 7 heteroatoms. The van der Waals surface area contributed by atoms with E-state index in [0.29, 0.717) is 16.9 Å². The van der Waals surface area contributed by atoms with Crippen LogP contribution < -0.4 is 16.0 Å². The van der Waals surface area contributed by atoms with Crippen molar-refractivity contribution < 1.29 is 14.4 Å². The number of hydrogen-bond acceptors (Lipinski definition) is 4. The van der Waals surface area contributed by atoms with Gasteiger partial charge in [0.05, 0.1) is 13.0 Å². The highest BCUT2D eigenvalue weighted by molar-refractivity contribution is 6.05. The molecule has 29 heavy (non-hydrogen) atoms. The first-order chi connectivity index (χ1) is 14.1. The molecule has 0 radical (unpaired) electrons. The highest BCUT2D eigenvalue weighted by atomic mass is 16.2. The molecule has 1 heterocycles. The minimum Gasteiger partial charge on any atom is -0.347 e. The maximum atomic E-state index is 12.3. The molecule has 0 spiro atoms. The smallest absolute Gasteiger partial charge is 0.255 e. The molecule has 0 aliphatic rings. The first kappa shape index (κ1) is 19.8. The molecular weight excluding hydrogens is 368 g/mol. The van der Waals surface area contributed by atoms with Crippen molar-refractivity contribution in [1.82, 2.24) is 10.3 Å². The molecule has 0 atom stereocenters. The summed E-state index contributed by atoms with van der Waals surface area (Å²) in [5.74, 6) is -0.918. The lowest BCUT2D eigenvalue weighted by Gasteiger charge is -2.09. The second kappa shape index (κ2) is 9.80. The van der Waals surface area contributed by atoms with E-state index in [1.165, 1.54) is 0 Å². The number of carbonyl (C=O) groups is 3. The molecule has 0 fully saturated rings. The predicted molar refractivity (Wildman–Crippen MR) is 110 cm³/mol. The van der Waals surface area contributed by atoms with Gasteiger partial charge in [0.2, 0.25) is 11.8 Å². The topological polar surface area (TPSA) is 100 Å². The lowest BCUT2D eigenvalue weighted by Crippen LogP contribution is -2.33. The van der Waals surface area contributed by atoms with E-state index in [1.807, 2.05) is 30.3 Å². The fraction of sp³-hybridized carbons (Fsp3) is 0.0909. The second-order valence-corrected chi connectivity index (χ2v) is 6.26. The summed E-state index contributed by atoms with van der Waals surface area (Å²) in [5, 5.41) is 8.02. The molecule has 3 N–H and O–H groups in total. The Kier molecular flexibility index (Phi) is 6.67. The number of benzene rings is 2. The second-order valence-electron chi connectivity index (χ2n) is 6.26. The molecule has 7 nitrogen and oxygen atoms in total. The molecule has 1 aromatic heterocycles. The normalized spacial score (nSPS) is 10.1. The molecule has 0 aliphatic carbocycles. The van der Waals surface area contributed by atoms with Crippen molar-refractivity contribution in [3.63, 3.8) is 0 Å². The third-order valence-electron chi connectivity index (χ3n) is 4.00. The molecule has 0 saturated carbocycles. The number of pyridine rings is 1. The number of amides is 3. The predicted octanol–water partition coefficient (Wildman–Crippen LogP) is 2.63. The van der Waals surface area contributed by atoms with E-state index in [-0.39, 0.29) is 30.7 Å². The highest BCUT2D eigenvalue weighted by Gasteiger charge is 2.10. The third-order valence-corrected chi connectivity index (χ3v) is 4.00. The number of anilines is 2. The van der Waals surface area contributed by atoms with Crippen molar-refractivity contribution in [1.29, 1.82) is 0 Å². The van der Waals surface area contributed by atoms with Gasteiger partial charge in [-0.05, 0) is 35.9 Å². The van der Waals surface area contributed by atoms with Crippen LogP contribution in [-0.2, 0) is 16.0 Å². The molecule has 3 aromatic rings. The van der Waals surface area contributed by atoms with Gasteiger partial charge in [-0.3, -0.25) is 19.4 Å². The van der Waals surface area contributed by atoms with E-state index < -0.39 is 0 Å². The minimum atomic E-state index is -0.377. The average molecular weight is 388 g/mol. The Morgan fingerprint density at radius 2 is 1.52 bits per heavy atom. The highest BCUT2D eigenvalue weighted by Crippen LogP contribution is 2.13. The summed E-state index contributed by atoms with van der Waals surface area (Å²) in [7, 11) is 0. The van der Waals surface area contributed by atoms with Crippen LogP contribution in [0.5, 0.6) is 0 Å². The van der Waals surface area contributed by atoms with Gasteiger partial charge in [-0.15, -0.1) is 0 Å². The van der Waals surface area contributed by atoms with Crippen molar-refractivity contribution in [2.24, 2.45) is 0 Å². The third kappa shape index (κ3) is 6.28. The van der Waals surface area contributed by atoms with Gasteiger partial charge >= 0.3 is 0 Å². The number of nitrogens with zero attached hydrogens (tertiary/aromatic N) is 1. The van der Waals surface area contributed by atoms with E-state index in [4.69, 9.17) is 0 Å². The molecule has 2 aromatic carbocycles. The van der Waals surface area contributed by atoms with Crippen molar-refractivity contribution in [2.45, 2.75) is 6.42 Å². The lowest BCUT2D eigenvalue weighted by molar-refractivity contribution is -0.123. The molecule has 3 amide bonds. The van der Waals surface area contributed by atoms with Gasteiger partial charge in [-0.1, -0.05) is 36.4 Å². The molecule has 3 rings (SSSR count). The van der Waals surface area contributed by atoms with Crippen LogP contribution >= 0.6 is 0 Å². The lowest BCUT2D eigenvalue weighted by atomic mass is 10.1. The van der Waals surface area contributed by atoms with E-state index in [0.717, 1.165) is 5.56 Å². The van der Waals surface area contributed by atoms with E-state index >= 15 is 0 Å². The number of nitrogens with one attached hydrogen (secondary N) is 3. The van der Waals surface area contributed by atoms with Gasteiger partial charge < -0.3 is 16.0 Å². The van der Waals surface area contributed by atoms with E-state index in [9.17, 15) is 14.4 Å². The first-order valence-electron chi connectivity index (χ1n) is 9.02. The van der Waals surface area contributed by atoms with Gasteiger partial charge in [0.1, 0.15) is 0 Å². The molecule has 0 unspecified atom stereocenters. The monoisotopic (exact) mass is 388 g/mol. The van der Waals surface area contributed by atoms with Crippen LogP contribution in [0.25, 0.3) is 0 Å². The van der Waals surface area contributed by atoms with Crippen LogP contribution in [0.1, 0.15) is 15.9 Å². The maximum absolute atomic E-state index is 12.3. The van der Waals surface area contributed by atoms with Crippen LogP contribution in [-0.4, -0.2) is 29.3 Å². The Labute approximate surface area is 168 Å². The molecule has 0 saturated heterocycles. The van der Waals surface area contributed by atoms with Gasteiger partial charge in [-0.2, -0.15) is 0 Å². The minimum absolute atomic E-state index is 0.154. The molecule has 146 valence electrons. The van der Waals surface area contributed by atoms with Crippen LogP contribution in [0.15, 0.2) is 79.1 Å². The van der Waals surface area contributed by atoms with Gasteiger partial charge in [-0.25, -0.2) is 0 Å². The molecule has 0 aliphatic heterocycles. The maximum Gasteiger partial charge on any atom is 0.255 e. The Bertz CT molecular complexity index is 991. The number of hydrogen-bond donors (Lipinski definition) is 3. The van der Waals surface area contributed by atoms with Gasteiger partial charge in [0.25, 0.3) is 5.91 Å². The SMILES string of the molecule is O=C(Cc1ccccc1)NCC(=O)Nc1cccc(C(=O)Nc2ccncc2)c1. The summed E-state index contributed by atoms with van der Waals surface area (Å²) in [6, 6.07) is 19.2. The average Bonchev–Trinajstić information content (AvgIpc) is 2.74. The van der Waals surface area contributed by atoms with Crippen LogP contribution in [0.4, 0.5) is 11.4 Å². The van der Waals surface area contributed by atoms with E-state index in [1.54, 1.807) is 48.8 Å². The first-order valence-corrected chi connectivity index (χ1v) is 9.02. The quantitative estimate of drug-likeness (QED) is 0.579. The van der Waals surface area contributed by atoms with Crippen molar-refractivity contribution >= 4 is 29.1 Å². The van der Waals surface area contributed by atoms with Crippen LogP contribution in [0.2, 0.25) is 0 Å². The number of rotatable bonds is 7. The summed E-state index contributed by atoms with van der Waals surface area (Å²) in [5.41, 5.74) is 2.36. The Morgan fingerprint density at radius 3 is 2.28 bits per heavy atom. The summed E-state index contributed by atoms with van der Waals surface area (Å²) >= 11 is 0. The summed E-state index contributed by atoms with van der Waals surface area (Å²) in [6.07, 6.45) is 3.37. The Balaban J connectivity index is 1.51. The number of aromatic nitrogens is 1. The Morgan fingerprint density at radius 1 is 0.759 bits per heavy atom. The zero-order chi connectivity index (χ0) is 20.5. The summed E-state index contributed by atoms with van der Waals surface area (Å²) in [4.78, 5) is 40.3. The molecular formula is C22H20N4O3. The summed E-state index contributed by atoms with van der Waals surface area (Å²) in [6.45, 7) is -0.154. The van der Waals surface area contributed by atoms with Crippen LogP contribution in [0.3, 0.4) is 0 Å². The fourth-order valence-corrected chi connectivity index (χ4v) is 2.60. The van der Waals surface area contributed by atoms with Crippen LogP contribution in [0, 0.1) is 0 Å². The van der Waals surface area contributed by atoms with Gasteiger partial charge in [0, 0.05) is 29.3 Å².